The second-order valence-corrected chi connectivity index (χ2v) is 2.51. The Morgan fingerprint density at radius 2 is 2.50 bits per heavy atom. The SMILES string of the molecule is S=c1cc(Br)[nH]cn1. The summed E-state index contributed by atoms with van der Waals surface area (Å²) in [5.41, 5.74) is 0. The van der Waals surface area contributed by atoms with Gasteiger partial charge in [0, 0.05) is 6.07 Å². The molecule has 0 bridgehead atoms. The van der Waals surface area contributed by atoms with E-state index in [0.717, 1.165) is 4.60 Å². The maximum absolute atomic E-state index is 4.74. The average molecular weight is 191 g/mol. The molecule has 0 aliphatic heterocycles. The van der Waals surface area contributed by atoms with E-state index in [2.05, 4.69) is 25.9 Å². The molecular formula is C4H3BrN2S. The first-order chi connectivity index (χ1) is 3.79. The molecular weight excluding hydrogens is 188 g/mol. The minimum Gasteiger partial charge on any atom is -0.341 e. The minimum absolute atomic E-state index is 0.593. The third-order valence-electron chi connectivity index (χ3n) is 0.644. The van der Waals surface area contributed by atoms with Crippen molar-refractivity contribution in [1.29, 1.82) is 0 Å². The summed E-state index contributed by atoms with van der Waals surface area (Å²) in [6.45, 7) is 0. The van der Waals surface area contributed by atoms with Gasteiger partial charge in [-0.3, -0.25) is 0 Å². The van der Waals surface area contributed by atoms with E-state index in [4.69, 9.17) is 12.2 Å². The van der Waals surface area contributed by atoms with Crippen LogP contribution in [0.15, 0.2) is 17.0 Å². The fourth-order valence-corrected chi connectivity index (χ4v) is 0.986. The molecule has 4 heteroatoms. The first-order valence-corrected chi connectivity index (χ1v) is 3.19. The quantitative estimate of drug-likeness (QED) is 0.501. The molecule has 0 radical (unpaired) electrons. The molecule has 0 amide bonds. The lowest BCUT2D eigenvalue weighted by atomic mass is 10.7. The molecule has 2 nitrogen and oxygen atoms in total. The molecule has 1 aromatic rings. The number of hydrogen-bond acceptors (Lipinski definition) is 2. The Kier molecular flexibility index (Phi) is 1.75. The van der Waals surface area contributed by atoms with Crippen LogP contribution in [0.4, 0.5) is 0 Å². The first kappa shape index (κ1) is 5.91. The van der Waals surface area contributed by atoms with Crippen molar-refractivity contribution >= 4 is 28.1 Å². The zero-order chi connectivity index (χ0) is 5.98. The molecule has 1 rings (SSSR count). The highest BCUT2D eigenvalue weighted by Crippen LogP contribution is 2.00. The smallest absolute Gasteiger partial charge is 0.130 e. The molecule has 8 heavy (non-hydrogen) atoms. The number of hydrogen-bond donors (Lipinski definition) is 1. The molecule has 0 aliphatic carbocycles. The van der Waals surface area contributed by atoms with Crippen molar-refractivity contribution in [3.05, 3.63) is 21.6 Å². The van der Waals surface area contributed by atoms with Gasteiger partial charge in [0.05, 0.1) is 10.9 Å². The largest absolute Gasteiger partial charge is 0.341 e. The van der Waals surface area contributed by atoms with E-state index in [1.807, 2.05) is 0 Å². The standard InChI is InChI=1S/C4H3BrN2S/c5-3-1-4(8)7-2-6-3/h1-2H,(H,6,7,8). The number of halogens is 1. The highest BCUT2D eigenvalue weighted by molar-refractivity contribution is 9.10. The van der Waals surface area contributed by atoms with Crippen molar-refractivity contribution in [2.45, 2.75) is 0 Å². The van der Waals surface area contributed by atoms with Crippen LogP contribution in [0.25, 0.3) is 0 Å². The van der Waals surface area contributed by atoms with E-state index < -0.39 is 0 Å². The zero-order valence-electron chi connectivity index (χ0n) is 3.89. The van der Waals surface area contributed by atoms with Gasteiger partial charge in [-0.15, -0.1) is 0 Å². The third kappa shape index (κ3) is 1.38. The number of nitrogens with zero attached hydrogens (tertiary/aromatic N) is 1. The fraction of sp³-hybridized carbons (Fsp3) is 0. The molecule has 0 aromatic carbocycles. The van der Waals surface area contributed by atoms with Gasteiger partial charge < -0.3 is 4.98 Å². The summed E-state index contributed by atoms with van der Waals surface area (Å²) in [5, 5.41) is 0. The number of aromatic nitrogens is 2. The highest BCUT2D eigenvalue weighted by Gasteiger charge is 1.80. The molecule has 1 N–H and O–H groups in total. The van der Waals surface area contributed by atoms with Gasteiger partial charge in [-0.05, 0) is 15.9 Å². The van der Waals surface area contributed by atoms with Crippen LogP contribution in [0.3, 0.4) is 0 Å². The molecule has 0 saturated carbocycles. The maximum atomic E-state index is 4.74. The fourth-order valence-electron chi connectivity index (χ4n) is 0.345. The molecule has 0 aliphatic rings. The van der Waals surface area contributed by atoms with Crippen LogP contribution in [0.5, 0.6) is 0 Å². The number of nitrogens with one attached hydrogen (secondary N) is 1. The van der Waals surface area contributed by atoms with E-state index in [1.54, 1.807) is 12.4 Å². The Morgan fingerprint density at radius 1 is 1.75 bits per heavy atom. The first-order valence-electron chi connectivity index (χ1n) is 1.99. The van der Waals surface area contributed by atoms with Gasteiger partial charge in [0.2, 0.25) is 0 Å². The Balaban J connectivity index is 3.28. The monoisotopic (exact) mass is 190 g/mol. The topological polar surface area (TPSA) is 28.7 Å². The Morgan fingerprint density at radius 3 is 2.88 bits per heavy atom. The molecule has 0 saturated heterocycles. The van der Waals surface area contributed by atoms with Gasteiger partial charge >= 0.3 is 0 Å². The predicted octanol–water partition coefficient (Wildman–Crippen LogP) is 1.90. The molecule has 42 valence electrons. The Labute approximate surface area is 60.1 Å². The van der Waals surface area contributed by atoms with Crippen LogP contribution >= 0.6 is 28.1 Å². The van der Waals surface area contributed by atoms with E-state index >= 15 is 0 Å². The van der Waals surface area contributed by atoms with Gasteiger partial charge in [0.25, 0.3) is 0 Å². The summed E-state index contributed by atoms with van der Waals surface area (Å²) in [6, 6.07) is 1.73. The second-order valence-electron chi connectivity index (χ2n) is 1.23. The van der Waals surface area contributed by atoms with Crippen molar-refractivity contribution in [2.24, 2.45) is 0 Å². The summed E-state index contributed by atoms with van der Waals surface area (Å²) in [6.07, 6.45) is 1.55. The lowest BCUT2D eigenvalue weighted by Gasteiger charge is -1.84. The van der Waals surface area contributed by atoms with Crippen molar-refractivity contribution < 1.29 is 0 Å². The molecule has 1 heterocycles. The third-order valence-corrected chi connectivity index (χ3v) is 1.33. The molecule has 0 unspecified atom stereocenters. The van der Waals surface area contributed by atoms with Crippen molar-refractivity contribution in [2.75, 3.05) is 0 Å². The molecule has 0 spiro atoms. The number of rotatable bonds is 0. The Hall–Kier alpha value is -0.220. The molecule has 1 aromatic heterocycles. The normalized spacial score (nSPS) is 9.12. The zero-order valence-corrected chi connectivity index (χ0v) is 6.29. The molecule has 0 fully saturated rings. The van der Waals surface area contributed by atoms with E-state index in [9.17, 15) is 0 Å². The maximum Gasteiger partial charge on any atom is 0.130 e. The van der Waals surface area contributed by atoms with Crippen LogP contribution in [-0.4, -0.2) is 9.97 Å². The summed E-state index contributed by atoms with van der Waals surface area (Å²) in [5.74, 6) is 0. The van der Waals surface area contributed by atoms with Crippen molar-refractivity contribution in [1.82, 2.24) is 9.97 Å². The summed E-state index contributed by atoms with van der Waals surface area (Å²) in [4.78, 5) is 6.58. The molecule has 0 atom stereocenters. The van der Waals surface area contributed by atoms with E-state index in [0.29, 0.717) is 4.64 Å². The summed E-state index contributed by atoms with van der Waals surface area (Å²) in [7, 11) is 0. The summed E-state index contributed by atoms with van der Waals surface area (Å²) < 4.78 is 1.45. The van der Waals surface area contributed by atoms with Crippen LogP contribution in [0.1, 0.15) is 0 Å². The van der Waals surface area contributed by atoms with Crippen LogP contribution in [0, 0.1) is 4.64 Å². The van der Waals surface area contributed by atoms with Gasteiger partial charge in [0.1, 0.15) is 4.64 Å². The van der Waals surface area contributed by atoms with E-state index in [-0.39, 0.29) is 0 Å². The number of H-pyrrole nitrogens is 1. The lowest BCUT2D eigenvalue weighted by Crippen LogP contribution is -1.76. The minimum atomic E-state index is 0.593. The Bertz CT molecular complexity index is 231. The van der Waals surface area contributed by atoms with Gasteiger partial charge in [-0.25, -0.2) is 4.98 Å². The van der Waals surface area contributed by atoms with Crippen LogP contribution < -0.4 is 0 Å². The van der Waals surface area contributed by atoms with Crippen molar-refractivity contribution in [3.63, 3.8) is 0 Å². The average Bonchev–Trinajstić information content (AvgIpc) is 1.64. The van der Waals surface area contributed by atoms with Crippen LogP contribution in [0.2, 0.25) is 0 Å². The van der Waals surface area contributed by atoms with Gasteiger partial charge in [-0.2, -0.15) is 0 Å². The summed E-state index contributed by atoms with van der Waals surface area (Å²) >= 11 is 7.94. The predicted molar refractivity (Wildman–Crippen MR) is 37.1 cm³/mol. The van der Waals surface area contributed by atoms with Crippen molar-refractivity contribution in [3.8, 4) is 0 Å². The van der Waals surface area contributed by atoms with Gasteiger partial charge in [-0.1, -0.05) is 12.2 Å². The van der Waals surface area contributed by atoms with Gasteiger partial charge in [0.15, 0.2) is 0 Å². The van der Waals surface area contributed by atoms with E-state index in [1.165, 1.54) is 0 Å². The number of aromatic amines is 1. The second kappa shape index (κ2) is 2.37. The highest BCUT2D eigenvalue weighted by atomic mass is 79.9. The lowest BCUT2D eigenvalue weighted by molar-refractivity contribution is 1.12. The van der Waals surface area contributed by atoms with Crippen LogP contribution in [-0.2, 0) is 0 Å².